The fourth-order valence-electron chi connectivity index (χ4n) is 1.53. The molecule has 0 aromatic heterocycles. The van der Waals surface area contributed by atoms with E-state index in [4.69, 9.17) is 0 Å². The number of hydrogen-bond acceptors (Lipinski definition) is 1. The van der Waals surface area contributed by atoms with Crippen LogP contribution >= 0.6 is 15.9 Å². The van der Waals surface area contributed by atoms with Crippen LogP contribution in [0, 0.1) is 5.92 Å². The molecule has 1 fully saturated rings. The lowest BCUT2D eigenvalue weighted by molar-refractivity contribution is -0.116. The average molecular weight is 268 g/mol. The summed E-state index contributed by atoms with van der Waals surface area (Å²) in [4.78, 5) is 11.5. The molecule has 1 amide bonds. The zero-order chi connectivity index (χ0) is 10.7. The third kappa shape index (κ3) is 3.34. The normalized spacial score (nSPS) is 15.0. The lowest BCUT2D eigenvalue weighted by atomic mass is 10.2. The van der Waals surface area contributed by atoms with Crippen molar-refractivity contribution in [1.29, 1.82) is 0 Å². The molecule has 0 atom stereocenters. The molecule has 1 aliphatic carbocycles. The summed E-state index contributed by atoms with van der Waals surface area (Å²) >= 11 is 3.40. The Bertz CT molecular complexity index is 360. The second-order valence-electron chi connectivity index (χ2n) is 4.03. The number of halogens is 1. The van der Waals surface area contributed by atoms with E-state index >= 15 is 0 Å². The molecule has 1 aliphatic rings. The maximum absolute atomic E-state index is 11.5. The van der Waals surface area contributed by atoms with Crippen LogP contribution in [0.3, 0.4) is 0 Å². The molecule has 80 valence electrons. The van der Waals surface area contributed by atoms with E-state index in [-0.39, 0.29) is 5.91 Å². The molecule has 0 bridgehead atoms. The van der Waals surface area contributed by atoms with Crippen molar-refractivity contribution in [3.63, 3.8) is 0 Å². The number of nitrogens with one attached hydrogen (secondary N) is 1. The average Bonchev–Trinajstić information content (AvgIpc) is 3.02. The zero-order valence-electron chi connectivity index (χ0n) is 8.50. The summed E-state index contributed by atoms with van der Waals surface area (Å²) in [6.45, 7) is 0. The Morgan fingerprint density at radius 2 is 2.27 bits per heavy atom. The van der Waals surface area contributed by atoms with Gasteiger partial charge in [-0.3, -0.25) is 4.79 Å². The van der Waals surface area contributed by atoms with Crippen LogP contribution in [-0.2, 0) is 10.1 Å². The molecule has 2 nitrogen and oxygen atoms in total. The molecule has 0 spiro atoms. The van der Waals surface area contributed by atoms with Gasteiger partial charge < -0.3 is 5.32 Å². The number of alkyl halides is 1. The van der Waals surface area contributed by atoms with Crippen LogP contribution < -0.4 is 5.32 Å². The first-order chi connectivity index (χ1) is 7.28. The molecule has 1 saturated carbocycles. The molecule has 3 heteroatoms. The van der Waals surface area contributed by atoms with Gasteiger partial charge in [0.25, 0.3) is 0 Å². The van der Waals surface area contributed by atoms with E-state index in [9.17, 15) is 4.79 Å². The van der Waals surface area contributed by atoms with E-state index in [1.807, 2.05) is 24.3 Å². The van der Waals surface area contributed by atoms with Crippen LogP contribution in [0.5, 0.6) is 0 Å². The van der Waals surface area contributed by atoms with Gasteiger partial charge in [-0.25, -0.2) is 0 Å². The van der Waals surface area contributed by atoms with Crippen LogP contribution in [0.2, 0.25) is 0 Å². The van der Waals surface area contributed by atoms with Crippen molar-refractivity contribution < 1.29 is 4.79 Å². The van der Waals surface area contributed by atoms with Gasteiger partial charge in [0.15, 0.2) is 0 Å². The molecule has 15 heavy (non-hydrogen) atoms. The number of amides is 1. The molecule has 1 aromatic carbocycles. The van der Waals surface area contributed by atoms with E-state index in [1.165, 1.54) is 18.4 Å². The predicted molar refractivity (Wildman–Crippen MR) is 65.0 cm³/mol. The highest BCUT2D eigenvalue weighted by atomic mass is 79.9. The highest BCUT2D eigenvalue weighted by Gasteiger charge is 2.24. The fraction of sp³-hybridized carbons (Fsp3) is 0.417. The van der Waals surface area contributed by atoms with Crippen molar-refractivity contribution >= 4 is 27.5 Å². The zero-order valence-corrected chi connectivity index (χ0v) is 10.1. The molecule has 2 rings (SSSR count). The van der Waals surface area contributed by atoms with Gasteiger partial charge in [0.2, 0.25) is 5.91 Å². The molecule has 0 unspecified atom stereocenters. The number of hydrogen-bond donors (Lipinski definition) is 1. The Labute approximate surface area is 98.2 Å². The monoisotopic (exact) mass is 267 g/mol. The van der Waals surface area contributed by atoms with E-state index in [0.717, 1.165) is 11.0 Å². The maximum Gasteiger partial charge on any atom is 0.224 e. The van der Waals surface area contributed by atoms with Crippen molar-refractivity contribution in [3.05, 3.63) is 29.8 Å². The third-order valence-electron chi connectivity index (χ3n) is 2.54. The van der Waals surface area contributed by atoms with E-state index in [1.54, 1.807) is 0 Å². The van der Waals surface area contributed by atoms with Crippen LogP contribution in [0.15, 0.2) is 24.3 Å². The third-order valence-corrected chi connectivity index (χ3v) is 3.18. The summed E-state index contributed by atoms with van der Waals surface area (Å²) in [6, 6.07) is 7.92. The highest BCUT2D eigenvalue weighted by Crippen LogP contribution is 2.32. The van der Waals surface area contributed by atoms with Gasteiger partial charge in [-0.2, -0.15) is 0 Å². The first kappa shape index (κ1) is 10.7. The SMILES string of the molecule is O=C(CC1CC1)Nc1cccc(CBr)c1. The van der Waals surface area contributed by atoms with Gasteiger partial charge in [-0.05, 0) is 36.5 Å². The minimum Gasteiger partial charge on any atom is -0.326 e. The van der Waals surface area contributed by atoms with E-state index < -0.39 is 0 Å². The summed E-state index contributed by atoms with van der Waals surface area (Å²) in [5.74, 6) is 0.786. The number of anilines is 1. The Morgan fingerprint density at radius 3 is 2.93 bits per heavy atom. The Hall–Kier alpha value is -0.830. The van der Waals surface area contributed by atoms with Gasteiger partial charge in [0.05, 0.1) is 0 Å². The largest absolute Gasteiger partial charge is 0.326 e. The maximum atomic E-state index is 11.5. The van der Waals surface area contributed by atoms with Gasteiger partial charge in [-0.15, -0.1) is 0 Å². The van der Waals surface area contributed by atoms with Crippen molar-refractivity contribution in [3.8, 4) is 0 Å². The summed E-state index contributed by atoms with van der Waals surface area (Å²) in [5.41, 5.74) is 2.08. The molecule has 0 saturated heterocycles. The Balaban J connectivity index is 1.93. The van der Waals surface area contributed by atoms with E-state index in [0.29, 0.717) is 12.3 Å². The summed E-state index contributed by atoms with van der Waals surface area (Å²) in [5, 5.41) is 3.75. The van der Waals surface area contributed by atoms with Gasteiger partial charge in [0, 0.05) is 17.4 Å². The number of carbonyl (C=O) groups excluding carboxylic acids is 1. The van der Waals surface area contributed by atoms with Crippen molar-refractivity contribution in [1.82, 2.24) is 0 Å². The summed E-state index contributed by atoms with van der Waals surface area (Å²) in [6.07, 6.45) is 3.11. The van der Waals surface area contributed by atoms with Gasteiger partial charge >= 0.3 is 0 Å². The summed E-state index contributed by atoms with van der Waals surface area (Å²) in [7, 11) is 0. The highest BCUT2D eigenvalue weighted by molar-refractivity contribution is 9.08. The van der Waals surface area contributed by atoms with Crippen molar-refractivity contribution in [2.45, 2.75) is 24.6 Å². The molecule has 0 aliphatic heterocycles. The molecule has 0 heterocycles. The standard InChI is InChI=1S/C12H14BrNO/c13-8-10-2-1-3-11(6-10)14-12(15)7-9-4-5-9/h1-3,6,9H,4-5,7-8H2,(H,14,15). The molecular formula is C12H14BrNO. The Kier molecular flexibility index (Phi) is 3.41. The number of rotatable bonds is 4. The van der Waals surface area contributed by atoms with Crippen LogP contribution in [0.1, 0.15) is 24.8 Å². The number of carbonyl (C=O) groups is 1. The topological polar surface area (TPSA) is 29.1 Å². The van der Waals surface area contributed by atoms with Crippen LogP contribution in [0.25, 0.3) is 0 Å². The van der Waals surface area contributed by atoms with E-state index in [2.05, 4.69) is 21.2 Å². The molecular weight excluding hydrogens is 254 g/mol. The molecule has 0 radical (unpaired) electrons. The molecule has 1 N–H and O–H groups in total. The number of benzene rings is 1. The first-order valence-electron chi connectivity index (χ1n) is 5.22. The predicted octanol–water partition coefficient (Wildman–Crippen LogP) is 3.32. The fourth-order valence-corrected chi connectivity index (χ4v) is 1.88. The summed E-state index contributed by atoms with van der Waals surface area (Å²) < 4.78 is 0. The second kappa shape index (κ2) is 4.79. The minimum absolute atomic E-state index is 0.143. The van der Waals surface area contributed by atoms with Crippen LogP contribution in [0.4, 0.5) is 5.69 Å². The van der Waals surface area contributed by atoms with Crippen LogP contribution in [-0.4, -0.2) is 5.91 Å². The lowest BCUT2D eigenvalue weighted by Gasteiger charge is -2.05. The first-order valence-corrected chi connectivity index (χ1v) is 6.35. The molecule has 1 aromatic rings. The van der Waals surface area contributed by atoms with Crippen molar-refractivity contribution in [2.75, 3.05) is 5.32 Å². The van der Waals surface area contributed by atoms with Crippen molar-refractivity contribution in [2.24, 2.45) is 5.92 Å². The van der Waals surface area contributed by atoms with Gasteiger partial charge in [-0.1, -0.05) is 28.1 Å². The quantitative estimate of drug-likeness (QED) is 0.834. The smallest absolute Gasteiger partial charge is 0.224 e. The Morgan fingerprint density at radius 1 is 1.47 bits per heavy atom. The lowest BCUT2D eigenvalue weighted by Crippen LogP contribution is -2.11. The van der Waals surface area contributed by atoms with Gasteiger partial charge in [0.1, 0.15) is 0 Å². The second-order valence-corrected chi connectivity index (χ2v) is 4.59. The minimum atomic E-state index is 0.143.